The number of amides is 1. The summed E-state index contributed by atoms with van der Waals surface area (Å²) in [5.74, 6) is -0.808. The van der Waals surface area contributed by atoms with Crippen LogP contribution in [-0.2, 0) is 17.7 Å². The summed E-state index contributed by atoms with van der Waals surface area (Å²) in [6.45, 7) is 1.83. The highest BCUT2D eigenvalue weighted by Crippen LogP contribution is 2.28. The van der Waals surface area contributed by atoms with Crippen molar-refractivity contribution in [3.8, 4) is 0 Å². The molecular formula is C25H23ClN2O3. The first-order valence-corrected chi connectivity index (χ1v) is 10.5. The third-order valence-electron chi connectivity index (χ3n) is 5.43. The van der Waals surface area contributed by atoms with E-state index in [1.54, 1.807) is 12.1 Å². The van der Waals surface area contributed by atoms with Crippen molar-refractivity contribution in [1.82, 2.24) is 0 Å². The van der Waals surface area contributed by atoms with Gasteiger partial charge in [-0.15, -0.1) is 0 Å². The van der Waals surface area contributed by atoms with Gasteiger partial charge in [0.15, 0.2) is 0 Å². The second-order valence-corrected chi connectivity index (χ2v) is 7.90. The topological polar surface area (TPSA) is 58.6 Å². The Bertz CT molecular complexity index is 1110. The molecule has 0 fully saturated rings. The number of hydrogen-bond donors (Lipinski definition) is 1. The number of benzene rings is 3. The van der Waals surface area contributed by atoms with Crippen molar-refractivity contribution in [1.29, 1.82) is 0 Å². The van der Waals surface area contributed by atoms with E-state index in [1.807, 2.05) is 24.3 Å². The molecule has 5 nitrogen and oxygen atoms in total. The molecule has 0 spiro atoms. The van der Waals surface area contributed by atoms with Crippen LogP contribution in [-0.4, -0.2) is 25.5 Å². The molecule has 0 bridgehead atoms. The van der Waals surface area contributed by atoms with E-state index in [-0.39, 0.29) is 16.5 Å². The summed E-state index contributed by atoms with van der Waals surface area (Å²) in [4.78, 5) is 26.8. The van der Waals surface area contributed by atoms with Gasteiger partial charge in [-0.05, 0) is 60.4 Å². The number of hydrogen-bond acceptors (Lipinski definition) is 4. The molecular weight excluding hydrogens is 412 g/mol. The minimum absolute atomic E-state index is 0.208. The quantitative estimate of drug-likeness (QED) is 0.551. The van der Waals surface area contributed by atoms with Crippen LogP contribution < -0.4 is 10.2 Å². The predicted octanol–water partition coefficient (Wildman–Crippen LogP) is 5.33. The Labute approximate surface area is 186 Å². The van der Waals surface area contributed by atoms with Gasteiger partial charge in [-0.3, -0.25) is 4.79 Å². The average molecular weight is 435 g/mol. The minimum atomic E-state index is -0.551. The van der Waals surface area contributed by atoms with E-state index >= 15 is 0 Å². The van der Waals surface area contributed by atoms with Crippen LogP contribution in [0.4, 0.5) is 11.4 Å². The van der Waals surface area contributed by atoms with E-state index < -0.39 is 5.97 Å². The van der Waals surface area contributed by atoms with Crippen molar-refractivity contribution in [3.05, 3.63) is 94.0 Å². The summed E-state index contributed by atoms with van der Waals surface area (Å²) in [6, 6.07) is 20.8. The van der Waals surface area contributed by atoms with Crippen LogP contribution in [0.15, 0.2) is 66.7 Å². The largest absolute Gasteiger partial charge is 0.465 e. The highest BCUT2D eigenvalue weighted by molar-refractivity contribution is 6.33. The Morgan fingerprint density at radius 1 is 1.06 bits per heavy atom. The predicted molar refractivity (Wildman–Crippen MR) is 123 cm³/mol. The maximum absolute atomic E-state index is 12.6. The maximum Gasteiger partial charge on any atom is 0.339 e. The summed E-state index contributed by atoms with van der Waals surface area (Å²) in [6.07, 6.45) is 2.26. The lowest BCUT2D eigenvalue weighted by molar-refractivity contribution is 0.0600. The number of anilines is 2. The van der Waals surface area contributed by atoms with E-state index in [2.05, 4.69) is 34.5 Å². The van der Waals surface area contributed by atoms with Gasteiger partial charge in [0, 0.05) is 30.0 Å². The van der Waals surface area contributed by atoms with Gasteiger partial charge in [-0.25, -0.2) is 4.79 Å². The molecule has 1 aliphatic heterocycles. The Kier molecular flexibility index (Phi) is 6.23. The van der Waals surface area contributed by atoms with Crippen LogP contribution in [0.25, 0.3) is 0 Å². The molecule has 0 saturated carbocycles. The smallest absolute Gasteiger partial charge is 0.339 e. The molecule has 0 unspecified atom stereocenters. The molecule has 3 aromatic carbocycles. The fourth-order valence-electron chi connectivity index (χ4n) is 3.83. The number of para-hydroxylation sites is 1. The minimum Gasteiger partial charge on any atom is -0.465 e. The Hall–Kier alpha value is -3.31. The lowest BCUT2D eigenvalue weighted by atomic mass is 10.0. The number of methoxy groups -OCH3 is 1. The molecule has 1 aliphatic rings. The van der Waals surface area contributed by atoms with Crippen molar-refractivity contribution in [2.75, 3.05) is 23.9 Å². The number of nitrogens with zero attached hydrogens (tertiary/aromatic N) is 1. The number of aryl methyl sites for hydroxylation is 1. The standard InChI is InChI=1S/C25H23ClN2O3/c1-31-25(30)21-15-20(12-13-22(21)26)27-24(29)19-10-8-17(9-11-19)16-28-14-4-6-18-5-2-3-7-23(18)28/h2-3,5,7-13,15H,4,6,14,16H2,1H3,(H,27,29). The molecule has 0 saturated heterocycles. The van der Waals surface area contributed by atoms with Gasteiger partial charge in [0.05, 0.1) is 17.7 Å². The monoisotopic (exact) mass is 434 g/mol. The van der Waals surface area contributed by atoms with Gasteiger partial charge in [-0.1, -0.05) is 41.9 Å². The Morgan fingerprint density at radius 2 is 1.84 bits per heavy atom. The van der Waals surface area contributed by atoms with Gasteiger partial charge in [0.2, 0.25) is 0 Å². The van der Waals surface area contributed by atoms with Gasteiger partial charge in [-0.2, -0.15) is 0 Å². The zero-order chi connectivity index (χ0) is 21.8. The Morgan fingerprint density at radius 3 is 2.61 bits per heavy atom. The maximum atomic E-state index is 12.6. The lowest BCUT2D eigenvalue weighted by Crippen LogP contribution is -2.28. The molecule has 158 valence electrons. The fraction of sp³-hybridized carbons (Fsp3) is 0.200. The lowest BCUT2D eigenvalue weighted by Gasteiger charge is -2.31. The zero-order valence-corrected chi connectivity index (χ0v) is 18.0. The average Bonchev–Trinajstić information content (AvgIpc) is 2.80. The van der Waals surface area contributed by atoms with Gasteiger partial charge in [0.25, 0.3) is 5.91 Å². The summed E-state index contributed by atoms with van der Waals surface area (Å²) >= 11 is 6.03. The van der Waals surface area contributed by atoms with E-state index in [1.165, 1.54) is 24.4 Å². The van der Waals surface area contributed by atoms with Gasteiger partial charge in [0.1, 0.15) is 0 Å². The number of halogens is 1. The van der Waals surface area contributed by atoms with Gasteiger partial charge >= 0.3 is 5.97 Å². The van der Waals surface area contributed by atoms with Crippen molar-refractivity contribution >= 4 is 34.9 Å². The van der Waals surface area contributed by atoms with Crippen LogP contribution >= 0.6 is 11.6 Å². The first-order chi connectivity index (χ1) is 15.0. The normalized spacial score (nSPS) is 12.8. The number of carbonyl (C=O) groups is 2. The number of rotatable bonds is 5. The molecule has 3 aromatic rings. The highest BCUT2D eigenvalue weighted by Gasteiger charge is 2.17. The molecule has 0 aliphatic carbocycles. The molecule has 0 radical (unpaired) electrons. The fourth-order valence-corrected chi connectivity index (χ4v) is 4.03. The second kappa shape index (κ2) is 9.23. The second-order valence-electron chi connectivity index (χ2n) is 7.49. The van der Waals surface area contributed by atoms with E-state index in [9.17, 15) is 9.59 Å². The molecule has 31 heavy (non-hydrogen) atoms. The summed E-state index contributed by atoms with van der Waals surface area (Å²) in [7, 11) is 1.29. The van der Waals surface area contributed by atoms with Gasteiger partial charge < -0.3 is 15.0 Å². The highest BCUT2D eigenvalue weighted by atomic mass is 35.5. The third-order valence-corrected chi connectivity index (χ3v) is 5.76. The van der Waals surface area contributed by atoms with Crippen LogP contribution in [0, 0.1) is 0 Å². The van der Waals surface area contributed by atoms with Crippen molar-refractivity contribution in [2.24, 2.45) is 0 Å². The van der Waals surface area contributed by atoms with E-state index in [0.29, 0.717) is 11.3 Å². The zero-order valence-electron chi connectivity index (χ0n) is 17.2. The molecule has 1 N–H and O–H groups in total. The van der Waals surface area contributed by atoms with E-state index in [4.69, 9.17) is 16.3 Å². The number of ether oxygens (including phenoxy) is 1. The first-order valence-electron chi connectivity index (χ1n) is 10.2. The molecule has 1 amide bonds. The first kappa shape index (κ1) is 20.9. The number of esters is 1. The number of fused-ring (bicyclic) bond motifs is 1. The molecule has 0 atom stereocenters. The van der Waals surface area contributed by atoms with Crippen molar-refractivity contribution in [3.63, 3.8) is 0 Å². The Balaban J connectivity index is 1.44. The summed E-state index contributed by atoms with van der Waals surface area (Å²) in [5, 5.41) is 3.07. The number of nitrogens with one attached hydrogen (secondary N) is 1. The van der Waals surface area contributed by atoms with Crippen LogP contribution in [0.1, 0.15) is 38.3 Å². The molecule has 6 heteroatoms. The van der Waals surface area contributed by atoms with Crippen LogP contribution in [0.2, 0.25) is 5.02 Å². The van der Waals surface area contributed by atoms with E-state index in [0.717, 1.165) is 31.5 Å². The molecule has 4 rings (SSSR count). The van der Waals surface area contributed by atoms with Crippen LogP contribution in [0.5, 0.6) is 0 Å². The van der Waals surface area contributed by atoms with Crippen molar-refractivity contribution in [2.45, 2.75) is 19.4 Å². The van der Waals surface area contributed by atoms with Crippen molar-refractivity contribution < 1.29 is 14.3 Å². The number of carbonyl (C=O) groups excluding carboxylic acids is 2. The third kappa shape index (κ3) is 4.72. The van der Waals surface area contributed by atoms with Crippen LogP contribution in [0.3, 0.4) is 0 Å². The summed E-state index contributed by atoms with van der Waals surface area (Å²) in [5.41, 5.74) is 5.05. The SMILES string of the molecule is COC(=O)c1cc(NC(=O)c2ccc(CN3CCCc4ccccc43)cc2)ccc1Cl. The molecule has 1 heterocycles. The molecule has 0 aromatic heterocycles. The summed E-state index contributed by atoms with van der Waals surface area (Å²) < 4.78 is 4.72.